The molecule has 0 aromatic carbocycles. The van der Waals surface area contributed by atoms with E-state index in [0.29, 0.717) is 16.3 Å². The van der Waals surface area contributed by atoms with Gasteiger partial charge in [0.05, 0.1) is 12.2 Å². The Balaban J connectivity index is 1.84. The second kappa shape index (κ2) is 5.30. The fourth-order valence-electron chi connectivity index (χ4n) is 1.91. The summed E-state index contributed by atoms with van der Waals surface area (Å²) in [6, 6.07) is 3.74. The first kappa shape index (κ1) is 13.8. The minimum atomic E-state index is -0.264. The van der Waals surface area contributed by atoms with Crippen molar-refractivity contribution >= 4 is 44.5 Å². The number of aryl methyl sites for hydroxylation is 1. The normalized spacial score (nSPS) is 10.9. The number of anilines is 1. The van der Waals surface area contributed by atoms with Crippen LogP contribution in [0.1, 0.15) is 21.1 Å². The van der Waals surface area contributed by atoms with Gasteiger partial charge in [0.25, 0.3) is 5.91 Å². The van der Waals surface area contributed by atoms with Gasteiger partial charge in [0.1, 0.15) is 9.71 Å². The van der Waals surface area contributed by atoms with Crippen molar-refractivity contribution in [3.05, 3.63) is 43.4 Å². The quantitative estimate of drug-likeness (QED) is 0.685. The molecule has 0 spiro atoms. The third-order valence-corrected chi connectivity index (χ3v) is 4.78. The van der Waals surface area contributed by atoms with Crippen molar-refractivity contribution in [2.75, 3.05) is 5.73 Å². The van der Waals surface area contributed by atoms with E-state index in [4.69, 9.17) is 5.73 Å². The number of nitrogens with one attached hydrogen (secondary N) is 2. The SMILES string of the molecule is Cc1ccc2c(N)c(C(=O)NCc3csc(=O)[nH]3)sc2n1. The molecule has 3 aromatic heterocycles. The van der Waals surface area contributed by atoms with Crippen molar-refractivity contribution in [2.45, 2.75) is 13.5 Å². The molecule has 1 amide bonds. The number of thiophene rings is 1. The largest absolute Gasteiger partial charge is 0.397 e. The first-order valence-corrected chi connectivity index (χ1v) is 7.84. The highest BCUT2D eigenvalue weighted by atomic mass is 32.1. The molecule has 0 saturated carbocycles. The number of rotatable bonds is 3. The second-order valence-corrected chi connectivity index (χ2v) is 6.35. The zero-order valence-electron chi connectivity index (χ0n) is 11.1. The van der Waals surface area contributed by atoms with Crippen LogP contribution in [0.3, 0.4) is 0 Å². The number of pyridine rings is 1. The van der Waals surface area contributed by atoms with Gasteiger partial charge in [-0.3, -0.25) is 9.59 Å². The van der Waals surface area contributed by atoms with E-state index < -0.39 is 0 Å². The second-order valence-electron chi connectivity index (χ2n) is 4.51. The molecular weight excluding hydrogens is 308 g/mol. The predicted octanol–water partition coefficient (Wildman–Crippen LogP) is 1.87. The number of nitrogens with two attached hydrogens (primary N) is 1. The number of hydrogen-bond donors (Lipinski definition) is 3. The van der Waals surface area contributed by atoms with Gasteiger partial charge in [-0.25, -0.2) is 4.98 Å². The standard InChI is InChI=1S/C13H12N4O2S2/c1-6-2-3-8-9(14)10(21-12(8)16-6)11(18)15-4-7-5-20-13(19)17-7/h2-3,5H,4,14H2,1H3,(H,15,18)(H,17,19). The number of aromatic amines is 1. The molecule has 108 valence electrons. The molecule has 0 saturated heterocycles. The third-order valence-electron chi connectivity index (χ3n) is 2.95. The molecule has 8 heteroatoms. The van der Waals surface area contributed by atoms with Crippen molar-refractivity contribution in [1.82, 2.24) is 15.3 Å². The fourth-order valence-corrected chi connectivity index (χ4v) is 3.55. The number of H-pyrrole nitrogens is 1. The molecule has 0 unspecified atom stereocenters. The van der Waals surface area contributed by atoms with E-state index in [1.807, 2.05) is 19.1 Å². The molecule has 3 heterocycles. The Bertz CT molecular complexity index is 878. The molecule has 6 nitrogen and oxygen atoms in total. The summed E-state index contributed by atoms with van der Waals surface area (Å²) in [7, 11) is 0. The minimum Gasteiger partial charge on any atom is -0.397 e. The first-order valence-electron chi connectivity index (χ1n) is 6.15. The van der Waals surface area contributed by atoms with E-state index in [1.165, 1.54) is 11.3 Å². The lowest BCUT2D eigenvalue weighted by Crippen LogP contribution is -2.23. The van der Waals surface area contributed by atoms with Crippen molar-refractivity contribution in [1.29, 1.82) is 0 Å². The topological polar surface area (TPSA) is 101 Å². The van der Waals surface area contributed by atoms with Gasteiger partial charge in [0, 0.05) is 22.2 Å². The van der Waals surface area contributed by atoms with Crippen LogP contribution in [0.15, 0.2) is 22.3 Å². The highest BCUT2D eigenvalue weighted by Crippen LogP contribution is 2.32. The van der Waals surface area contributed by atoms with Crippen LogP contribution in [0.4, 0.5) is 5.69 Å². The zero-order chi connectivity index (χ0) is 15.0. The fraction of sp³-hybridized carbons (Fsp3) is 0.154. The zero-order valence-corrected chi connectivity index (χ0v) is 12.7. The molecule has 0 radical (unpaired) electrons. The van der Waals surface area contributed by atoms with Crippen LogP contribution in [-0.4, -0.2) is 15.9 Å². The average Bonchev–Trinajstić information content (AvgIpc) is 3.00. The molecule has 0 aliphatic heterocycles. The molecule has 3 rings (SSSR count). The van der Waals surface area contributed by atoms with Gasteiger partial charge in [0.2, 0.25) is 0 Å². The van der Waals surface area contributed by atoms with E-state index in [9.17, 15) is 9.59 Å². The maximum absolute atomic E-state index is 12.2. The number of hydrogen-bond acceptors (Lipinski definition) is 6. The minimum absolute atomic E-state index is 0.139. The monoisotopic (exact) mass is 320 g/mol. The van der Waals surface area contributed by atoms with Gasteiger partial charge in [-0.15, -0.1) is 11.3 Å². The van der Waals surface area contributed by atoms with Gasteiger partial charge in [-0.05, 0) is 19.1 Å². The molecule has 0 aliphatic carbocycles. The van der Waals surface area contributed by atoms with E-state index in [1.54, 1.807) is 5.38 Å². The number of fused-ring (bicyclic) bond motifs is 1. The summed E-state index contributed by atoms with van der Waals surface area (Å²) in [5, 5.41) is 5.22. The Morgan fingerprint density at radius 3 is 3.00 bits per heavy atom. The van der Waals surface area contributed by atoms with Crippen molar-refractivity contribution < 1.29 is 4.79 Å². The molecular formula is C13H12N4O2S2. The van der Waals surface area contributed by atoms with Crippen molar-refractivity contribution in [3.63, 3.8) is 0 Å². The lowest BCUT2D eigenvalue weighted by molar-refractivity contribution is 0.0955. The summed E-state index contributed by atoms with van der Waals surface area (Å²) in [6.45, 7) is 2.15. The molecule has 3 aromatic rings. The first-order chi connectivity index (χ1) is 10.0. The van der Waals surface area contributed by atoms with Crippen molar-refractivity contribution in [3.8, 4) is 0 Å². The molecule has 0 bridgehead atoms. The number of nitrogen functional groups attached to an aromatic ring is 1. The highest BCUT2D eigenvalue weighted by molar-refractivity contribution is 7.21. The van der Waals surface area contributed by atoms with Crippen LogP contribution < -0.4 is 15.9 Å². The average molecular weight is 320 g/mol. The summed E-state index contributed by atoms with van der Waals surface area (Å²) in [5.41, 5.74) is 8.01. The number of aromatic nitrogens is 2. The molecule has 0 fully saturated rings. The number of carbonyl (C=O) groups is 1. The smallest absolute Gasteiger partial charge is 0.304 e. The Morgan fingerprint density at radius 2 is 2.29 bits per heavy atom. The molecule has 21 heavy (non-hydrogen) atoms. The van der Waals surface area contributed by atoms with Crippen LogP contribution in [-0.2, 0) is 6.54 Å². The van der Waals surface area contributed by atoms with Gasteiger partial charge in [-0.1, -0.05) is 11.3 Å². The Hall–Kier alpha value is -2.19. The Labute approximate surface area is 127 Å². The van der Waals surface area contributed by atoms with E-state index in [0.717, 1.165) is 27.2 Å². The Morgan fingerprint density at radius 1 is 1.48 bits per heavy atom. The summed E-state index contributed by atoms with van der Waals surface area (Å²) < 4.78 is 0. The third kappa shape index (κ3) is 2.67. The highest BCUT2D eigenvalue weighted by Gasteiger charge is 2.17. The predicted molar refractivity (Wildman–Crippen MR) is 84.9 cm³/mol. The lowest BCUT2D eigenvalue weighted by atomic mass is 10.2. The van der Waals surface area contributed by atoms with Crippen LogP contribution in [0.5, 0.6) is 0 Å². The van der Waals surface area contributed by atoms with Crippen LogP contribution in [0.25, 0.3) is 10.2 Å². The molecule has 4 N–H and O–H groups in total. The van der Waals surface area contributed by atoms with Crippen LogP contribution in [0, 0.1) is 6.92 Å². The van der Waals surface area contributed by atoms with Gasteiger partial charge in [-0.2, -0.15) is 0 Å². The van der Waals surface area contributed by atoms with Crippen molar-refractivity contribution in [2.24, 2.45) is 0 Å². The maximum Gasteiger partial charge on any atom is 0.304 e. The number of amides is 1. The summed E-state index contributed by atoms with van der Waals surface area (Å²) in [5.74, 6) is -0.264. The summed E-state index contributed by atoms with van der Waals surface area (Å²) in [4.78, 5) is 31.3. The van der Waals surface area contributed by atoms with Crippen LogP contribution >= 0.6 is 22.7 Å². The van der Waals surface area contributed by atoms with Crippen LogP contribution in [0.2, 0.25) is 0 Å². The maximum atomic E-state index is 12.2. The number of thiazole rings is 1. The number of nitrogens with zero attached hydrogens (tertiary/aromatic N) is 1. The van der Waals surface area contributed by atoms with Gasteiger partial charge >= 0.3 is 4.87 Å². The molecule has 0 atom stereocenters. The van der Waals surface area contributed by atoms with Gasteiger partial charge in [0.15, 0.2) is 0 Å². The summed E-state index contributed by atoms with van der Waals surface area (Å²) >= 11 is 2.33. The number of carbonyl (C=O) groups excluding carboxylic acids is 1. The lowest BCUT2D eigenvalue weighted by Gasteiger charge is -2.02. The Kier molecular flexibility index (Phi) is 3.48. The summed E-state index contributed by atoms with van der Waals surface area (Å²) in [6.07, 6.45) is 0. The van der Waals surface area contributed by atoms with E-state index in [-0.39, 0.29) is 17.3 Å². The van der Waals surface area contributed by atoms with E-state index >= 15 is 0 Å². The van der Waals surface area contributed by atoms with Gasteiger partial charge < -0.3 is 16.0 Å². The van der Waals surface area contributed by atoms with E-state index in [2.05, 4.69) is 15.3 Å². The molecule has 0 aliphatic rings.